The Morgan fingerprint density at radius 1 is 1.11 bits per heavy atom. The summed E-state index contributed by atoms with van der Waals surface area (Å²) >= 11 is 0. The molecule has 10 heteroatoms. The summed E-state index contributed by atoms with van der Waals surface area (Å²) in [5.41, 5.74) is 2.64. The van der Waals surface area contributed by atoms with Crippen LogP contribution in [0.2, 0.25) is 0 Å². The first-order valence-corrected chi connectivity index (χ1v) is 11.7. The van der Waals surface area contributed by atoms with E-state index in [0.29, 0.717) is 23.4 Å². The van der Waals surface area contributed by atoms with Crippen LogP contribution in [0.3, 0.4) is 0 Å². The molecule has 37 heavy (non-hydrogen) atoms. The fourth-order valence-electron chi connectivity index (χ4n) is 4.42. The van der Waals surface area contributed by atoms with Crippen molar-refractivity contribution in [1.82, 2.24) is 9.97 Å². The summed E-state index contributed by atoms with van der Waals surface area (Å²) < 4.78 is 54.7. The minimum absolute atomic E-state index is 0.0450. The molecule has 1 aromatic heterocycles. The van der Waals surface area contributed by atoms with E-state index in [1.807, 2.05) is 0 Å². The number of hydrazone groups is 1. The molecule has 0 radical (unpaired) electrons. The van der Waals surface area contributed by atoms with Crippen LogP contribution in [0.1, 0.15) is 42.7 Å². The number of Topliss-reactive ketones (excluding diaryl/α,β-unsaturated/α-hetero) is 1. The van der Waals surface area contributed by atoms with Gasteiger partial charge >= 0.3 is 6.18 Å². The summed E-state index contributed by atoms with van der Waals surface area (Å²) in [6, 6.07) is 10.5. The predicted octanol–water partition coefficient (Wildman–Crippen LogP) is 5.40. The number of halogens is 4. The van der Waals surface area contributed by atoms with Gasteiger partial charge in [0.2, 0.25) is 0 Å². The van der Waals surface area contributed by atoms with Crippen molar-refractivity contribution in [3.8, 4) is 11.4 Å². The molecule has 0 unspecified atom stereocenters. The van der Waals surface area contributed by atoms with Gasteiger partial charge in [0.1, 0.15) is 17.3 Å². The van der Waals surface area contributed by atoms with E-state index < -0.39 is 29.7 Å². The number of aliphatic hydroxyl groups excluding tert-OH is 1. The molecule has 4 rings (SSSR count). The Kier molecular flexibility index (Phi) is 7.40. The molecular formula is C27H26F4N4O2. The lowest BCUT2D eigenvalue weighted by atomic mass is 9.93. The fraction of sp³-hybridized carbons (Fsp3) is 0.333. The first-order valence-electron chi connectivity index (χ1n) is 11.7. The first-order chi connectivity index (χ1) is 17.5. The van der Waals surface area contributed by atoms with Crippen molar-refractivity contribution in [2.45, 2.75) is 52.4 Å². The number of nitrogens with zero attached hydrogens (tertiary/aromatic N) is 4. The molecule has 0 bridgehead atoms. The fourth-order valence-corrected chi connectivity index (χ4v) is 4.42. The van der Waals surface area contributed by atoms with E-state index in [1.165, 1.54) is 37.1 Å². The third kappa shape index (κ3) is 5.69. The van der Waals surface area contributed by atoms with Crippen LogP contribution in [-0.4, -0.2) is 38.8 Å². The SMILES string of the molecule is CC(=O)C[C@H]1[C@H](C)C(C(F)(F)F)=NN1c1ccc(Cc2cnc(-c3cc(CO)ccc3F)nc2C)cc1. The van der Waals surface area contributed by atoms with Crippen molar-refractivity contribution >= 4 is 17.2 Å². The van der Waals surface area contributed by atoms with Gasteiger partial charge in [-0.3, -0.25) is 9.80 Å². The topological polar surface area (TPSA) is 78.7 Å². The lowest BCUT2D eigenvalue weighted by Gasteiger charge is -2.26. The lowest BCUT2D eigenvalue weighted by molar-refractivity contribution is -0.117. The second-order valence-corrected chi connectivity index (χ2v) is 9.21. The number of aryl methyl sites for hydroxylation is 1. The quantitative estimate of drug-likeness (QED) is 0.428. The van der Waals surface area contributed by atoms with Gasteiger partial charge in [0.05, 0.1) is 23.9 Å². The van der Waals surface area contributed by atoms with Crippen LogP contribution in [0, 0.1) is 18.7 Å². The van der Waals surface area contributed by atoms with E-state index >= 15 is 0 Å². The van der Waals surface area contributed by atoms with Crippen LogP contribution in [-0.2, 0) is 17.8 Å². The average molecular weight is 515 g/mol. The Morgan fingerprint density at radius 3 is 2.38 bits per heavy atom. The Morgan fingerprint density at radius 2 is 1.78 bits per heavy atom. The maximum atomic E-state index is 14.3. The highest BCUT2D eigenvalue weighted by Crippen LogP contribution is 2.36. The Labute approximate surface area is 211 Å². The van der Waals surface area contributed by atoms with Crippen molar-refractivity contribution in [2.75, 3.05) is 5.01 Å². The molecule has 2 heterocycles. The molecule has 2 atom stereocenters. The molecule has 0 saturated carbocycles. The normalized spacial score (nSPS) is 17.7. The second kappa shape index (κ2) is 10.4. The van der Waals surface area contributed by atoms with Crippen LogP contribution in [0.15, 0.2) is 53.8 Å². The molecule has 1 N–H and O–H groups in total. The van der Waals surface area contributed by atoms with Gasteiger partial charge in [0, 0.05) is 30.7 Å². The number of ketones is 1. The van der Waals surface area contributed by atoms with Crippen LogP contribution < -0.4 is 5.01 Å². The number of rotatable bonds is 7. The number of alkyl halides is 3. The van der Waals surface area contributed by atoms with Gasteiger partial charge in [-0.05, 0) is 54.8 Å². The summed E-state index contributed by atoms with van der Waals surface area (Å²) in [7, 11) is 0. The van der Waals surface area contributed by atoms with Crippen LogP contribution in [0.25, 0.3) is 11.4 Å². The summed E-state index contributed by atoms with van der Waals surface area (Å²) in [5, 5.41) is 14.5. The molecule has 3 aromatic rings. The number of carbonyl (C=O) groups is 1. The molecule has 0 saturated heterocycles. The molecule has 0 aliphatic carbocycles. The molecule has 2 aromatic carbocycles. The van der Waals surface area contributed by atoms with E-state index in [9.17, 15) is 27.5 Å². The van der Waals surface area contributed by atoms with Crippen LogP contribution in [0.4, 0.5) is 23.2 Å². The van der Waals surface area contributed by atoms with Crippen molar-refractivity contribution in [3.05, 3.63) is 76.9 Å². The molecule has 194 valence electrons. The largest absolute Gasteiger partial charge is 0.431 e. The van der Waals surface area contributed by atoms with E-state index in [4.69, 9.17) is 0 Å². The van der Waals surface area contributed by atoms with Crippen LogP contribution >= 0.6 is 0 Å². The maximum Gasteiger partial charge on any atom is 0.431 e. The lowest BCUT2D eigenvalue weighted by Crippen LogP contribution is -2.36. The molecule has 0 fully saturated rings. The molecule has 0 amide bonds. The van der Waals surface area contributed by atoms with E-state index in [-0.39, 0.29) is 30.2 Å². The third-order valence-electron chi connectivity index (χ3n) is 6.46. The zero-order valence-corrected chi connectivity index (χ0v) is 20.6. The number of benzene rings is 2. The highest BCUT2D eigenvalue weighted by atomic mass is 19.4. The smallest absolute Gasteiger partial charge is 0.392 e. The van der Waals surface area contributed by atoms with Gasteiger partial charge in [-0.15, -0.1) is 0 Å². The van der Waals surface area contributed by atoms with Gasteiger partial charge in [0.15, 0.2) is 5.82 Å². The Balaban J connectivity index is 1.55. The van der Waals surface area contributed by atoms with Gasteiger partial charge in [0.25, 0.3) is 0 Å². The summed E-state index contributed by atoms with van der Waals surface area (Å²) in [4.78, 5) is 20.5. The number of aliphatic hydroxyl groups is 1. The summed E-state index contributed by atoms with van der Waals surface area (Å²) in [6.07, 6.45) is -2.55. The van der Waals surface area contributed by atoms with Crippen molar-refractivity contribution in [2.24, 2.45) is 11.0 Å². The number of aromatic nitrogens is 2. The van der Waals surface area contributed by atoms with Crippen molar-refractivity contribution in [3.63, 3.8) is 0 Å². The number of anilines is 1. The highest BCUT2D eigenvalue weighted by Gasteiger charge is 2.48. The van der Waals surface area contributed by atoms with Gasteiger partial charge < -0.3 is 5.11 Å². The Hall–Kier alpha value is -3.66. The zero-order chi connectivity index (χ0) is 26.9. The van der Waals surface area contributed by atoms with Gasteiger partial charge in [-0.1, -0.05) is 25.1 Å². The van der Waals surface area contributed by atoms with Crippen LogP contribution in [0.5, 0.6) is 0 Å². The molecular weight excluding hydrogens is 488 g/mol. The van der Waals surface area contributed by atoms with E-state index in [2.05, 4.69) is 15.1 Å². The maximum absolute atomic E-state index is 14.3. The van der Waals surface area contributed by atoms with E-state index in [1.54, 1.807) is 37.4 Å². The third-order valence-corrected chi connectivity index (χ3v) is 6.46. The van der Waals surface area contributed by atoms with Gasteiger partial charge in [-0.25, -0.2) is 14.4 Å². The minimum atomic E-state index is -4.57. The number of hydrogen-bond donors (Lipinski definition) is 1. The summed E-state index contributed by atoms with van der Waals surface area (Å²) in [6.45, 7) is 4.35. The predicted molar refractivity (Wildman–Crippen MR) is 132 cm³/mol. The van der Waals surface area contributed by atoms with Crippen molar-refractivity contribution < 1.29 is 27.5 Å². The van der Waals surface area contributed by atoms with E-state index in [0.717, 1.165) is 11.1 Å². The summed E-state index contributed by atoms with van der Waals surface area (Å²) in [5.74, 6) is -1.43. The van der Waals surface area contributed by atoms with Crippen molar-refractivity contribution in [1.29, 1.82) is 0 Å². The Bertz CT molecular complexity index is 1340. The molecule has 6 nitrogen and oxygen atoms in total. The molecule has 1 aliphatic heterocycles. The molecule has 0 spiro atoms. The first kappa shape index (κ1) is 26.4. The second-order valence-electron chi connectivity index (χ2n) is 9.21. The number of hydrogen-bond acceptors (Lipinski definition) is 6. The molecule has 1 aliphatic rings. The zero-order valence-electron chi connectivity index (χ0n) is 20.6. The standard InChI is InChI=1S/C27H26F4N4O2/c1-15(37)10-24-16(2)25(27(29,30)31)34-35(24)21-7-4-18(5-8-21)11-20-13-32-26(33-17(20)3)22-12-19(14-36)6-9-23(22)28/h4-9,12-13,16,24,36H,10-11,14H2,1-3H3/t16-,24-/m0/s1. The monoisotopic (exact) mass is 514 g/mol. The highest BCUT2D eigenvalue weighted by molar-refractivity contribution is 5.96. The average Bonchev–Trinajstić information content (AvgIpc) is 3.17. The minimum Gasteiger partial charge on any atom is -0.392 e. The number of carbonyl (C=O) groups excluding carboxylic acids is 1. The van der Waals surface area contributed by atoms with Gasteiger partial charge in [-0.2, -0.15) is 18.3 Å².